The molecule has 0 radical (unpaired) electrons. The number of nitrogens with zero attached hydrogens (tertiary/aromatic N) is 1. The Labute approximate surface area is 98.6 Å². The van der Waals surface area contributed by atoms with E-state index in [0.717, 1.165) is 19.5 Å². The van der Waals surface area contributed by atoms with Crippen molar-refractivity contribution in [2.75, 3.05) is 26.2 Å². The standard InChI is InChI=1S/C12H25N3O/c1-3-10(2)11(13)12(16)14-6-9-15-7-4-5-8-15/h10-11H,3-9,13H2,1-2H3,(H,14,16). The number of nitrogens with one attached hydrogen (secondary N) is 1. The van der Waals surface area contributed by atoms with Gasteiger partial charge in [-0.25, -0.2) is 0 Å². The lowest BCUT2D eigenvalue weighted by atomic mass is 9.99. The molecule has 1 aliphatic heterocycles. The summed E-state index contributed by atoms with van der Waals surface area (Å²) in [7, 11) is 0. The molecular weight excluding hydrogens is 202 g/mol. The second kappa shape index (κ2) is 6.86. The van der Waals surface area contributed by atoms with Gasteiger partial charge in [-0.15, -0.1) is 0 Å². The molecule has 0 saturated carbocycles. The fourth-order valence-corrected chi connectivity index (χ4v) is 1.97. The average Bonchev–Trinajstić information content (AvgIpc) is 2.79. The van der Waals surface area contributed by atoms with Crippen LogP contribution in [0.2, 0.25) is 0 Å². The summed E-state index contributed by atoms with van der Waals surface area (Å²) >= 11 is 0. The fourth-order valence-electron chi connectivity index (χ4n) is 1.97. The van der Waals surface area contributed by atoms with Gasteiger partial charge in [-0.1, -0.05) is 20.3 Å². The van der Waals surface area contributed by atoms with Gasteiger partial charge in [-0.05, 0) is 31.8 Å². The molecule has 2 atom stereocenters. The molecule has 2 unspecified atom stereocenters. The third kappa shape index (κ3) is 4.10. The highest BCUT2D eigenvalue weighted by atomic mass is 16.2. The molecule has 1 rings (SSSR count). The second-order valence-electron chi connectivity index (χ2n) is 4.75. The van der Waals surface area contributed by atoms with Gasteiger partial charge in [0.05, 0.1) is 6.04 Å². The Morgan fingerprint density at radius 1 is 1.44 bits per heavy atom. The minimum atomic E-state index is -0.358. The molecule has 3 N–H and O–H groups in total. The van der Waals surface area contributed by atoms with E-state index in [-0.39, 0.29) is 17.9 Å². The Hall–Kier alpha value is -0.610. The van der Waals surface area contributed by atoms with Gasteiger partial charge in [-0.2, -0.15) is 0 Å². The number of hydrogen-bond donors (Lipinski definition) is 2. The third-order valence-corrected chi connectivity index (χ3v) is 3.49. The van der Waals surface area contributed by atoms with Gasteiger partial charge in [0.15, 0.2) is 0 Å². The molecule has 0 aromatic heterocycles. The van der Waals surface area contributed by atoms with Gasteiger partial charge < -0.3 is 16.0 Å². The minimum absolute atomic E-state index is 0.00598. The van der Waals surface area contributed by atoms with Crippen molar-refractivity contribution in [1.29, 1.82) is 0 Å². The Kier molecular flexibility index (Phi) is 5.77. The van der Waals surface area contributed by atoms with Crippen LogP contribution in [-0.4, -0.2) is 43.0 Å². The molecule has 4 heteroatoms. The summed E-state index contributed by atoms with van der Waals surface area (Å²) in [4.78, 5) is 14.0. The van der Waals surface area contributed by atoms with E-state index in [1.165, 1.54) is 25.9 Å². The van der Waals surface area contributed by atoms with Gasteiger partial charge in [0.1, 0.15) is 0 Å². The summed E-state index contributed by atoms with van der Waals surface area (Å²) in [5.74, 6) is 0.250. The quantitative estimate of drug-likeness (QED) is 0.697. The van der Waals surface area contributed by atoms with Crippen LogP contribution in [0, 0.1) is 5.92 Å². The number of amides is 1. The molecule has 0 aliphatic carbocycles. The number of hydrogen-bond acceptors (Lipinski definition) is 3. The normalized spacial score (nSPS) is 20.7. The summed E-state index contributed by atoms with van der Waals surface area (Å²) in [6.07, 6.45) is 3.53. The Balaban J connectivity index is 2.13. The van der Waals surface area contributed by atoms with Crippen LogP contribution >= 0.6 is 0 Å². The summed E-state index contributed by atoms with van der Waals surface area (Å²) in [6.45, 7) is 8.11. The van der Waals surface area contributed by atoms with Gasteiger partial charge in [0, 0.05) is 13.1 Å². The number of rotatable bonds is 6. The molecule has 1 fully saturated rings. The first-order valence-electron chi connectivity index (χ1n) is 6.40. The molecule has 1 aliphatic rings. The maximum Gasteiger partial charge on any atom is 0.237 e. The predicted molar refractivity (Wildman–Crippen MR) is 66.1 cm³/mol. The zero-order valence-electron chi connectivity index (χ0n) is 10.5. The van der Waals surface area contributed by atoms with E-state index < -0.39 is 0 Å². The Morgan fingerprint density at radius 3 is 2.62 bits per heavy atom. The van der Waals surface area contributed by atoms with Crippen molar-refractivity contribution in [3.8, 4) is 0 Å². The monoisotopic (exact) mass is 227 g/mol. The van der Waals surface area contributed by atoms with Gasteiger partial charge >= 0.3 is 0 Å². The van der Waals surface area contributed by atoms with Crippen LogP contribution in [0.5, 0.6) is 0 Å². The van der Waals surface area contributed by atoms with Crippen LogP contribution in [0.15, 0.2) is 0 Å². The largest absolute Gasteiger partial charge is 0.353 e. The molecule has 1 amide bonds. The van der Waals surface area contributed by atoms with Crippen LogP contribution in [0.25, 0.3) is 0 Å². The van der Waals surface area contributed by atoms with Crippen molar-refractivity contribution in [3.63, 3.8) is 0 Å². The average molecular weight is 227 g/mol. The highest BCUT2D eigenvalue weighted by Gasteiger charge is 2.19. The maximum atomic E-state index is 11.7. The van der Waals surface area contributed by atoms with Crippen molar-refractivity contribution in [1.82, 2.24) is 10.2 Å². The number of carbonyl (C=O) groups excluding carboxylic acids is 1. The van der Waals surface area contributed by atoms with E-state index in [1.54, 1.807) is 0 Å². The topological polar surface area (TPSA) is 58.4 Å². The van der Waals surface area contributed by atoms with Crippen molar-refractivity contribution in [3.05, 3.63) is 0 Å². The first-order valence-corrected chi connectivity index (χ1v) is 6.40. The highest BCUT2D eigenvalue weighted by Crippen LogP contribution is 2.06. The SMILES string of the molecule is CCC(C)C(N)C(=O)NCCN1CCCC1. The summed E-state index contributed by atoms with van der Waals surface area (Å²) in [5.41, 5.74) is 5.84. The van der Waals surface area contributed by atoms with Crippen molar-refractivity contribution < 1.29 is 4.79 Å². The molecule has 4 nitrogen and oxygen atoms in total. The molecule has 0 spiro atoms. The lowest BCUT2D eigenvalue weighted by Crippen LogP contribution is -2.46. The smallest absolute Gasteiger partial charge is 0.237 e. The minimum Gasteiger partial charge on any atom is -0.353 e. The Morgan fingerprint density at radius 2 is 2.06 bits per heavy atom. The molecule has 94 valence electrons. The van der Waals surface area contributed by atoms with Crippen molar-refractivity contribution >= 4 is 5.91 Å². The van der Waals surface area contributed by atoms with Crippen molar-refractivity contribution in [2.24, 2.45) is 11.7 Å². The second-order valence-corrected chi connectivity index (χ2v) is 4.75. The zero-order valence-corrected chi connectivity index (χ0v) is 10.5. The molecule has 0 bridgehead atoms. The van der Waals surface area contributed by atoms with Crippen molar-refractivity contribution in [2.45, 2.75) is 39.2 Å². The van der Waals surface area contributed by atoms with Gasteiger partial charge in [-0.3, -0.25) is 4.79 Å². The van der Waals surface area contributed by atoms with Crippen LogP contribution in [0.1, 0.15) is 33.1 Å². The van der Waals surface area contributed by atoms with E-state index in [4.69, 9.17) is 5.73 Å². The molecule has 1 saturated heterocycles. The fraction of sp³-hybridized carbons (Fsp3) is 0.917. The highest BCUT2D eigenvalue weighted by molar-refractivity contribution is 5.81. The molecular formula is C12H25N3O. The number of nitrogens with two attached hydrogens (primary N) is 1. The van der Waals surface area contributed by atoms with E-state index in [9.17, 15) is 4.79 Å². The van der Waals surface area contributed by atoms with E-state index >= 15 is 0 Å². The Bertz CT molecular complexity index is 214. The van der Waals surface area contributed by atoms with Crippen LogP contribution in [0.4, 0.5) is 0 Å². The molecule has 1 heterocycles. The summed E-state index contributed by atoms with van der Waals surface area (Å²) in [6, 6.07) is -0.358. The number of carbonyl (C=O) groups is 1. The molecule has 0 aromatic rings. The van der Waals surface area contributed by atoms with Crippen LogP contribution < -0.4 is 11.1 Å². The third-order valence-electron chi connectivity index (χ3n) is 3.49. The predicted octanol–water partition coefficient (Wildman–Crippen LogP) is 0.572. The van der Waals surface area contributed by atoms with Gasteiger partial charge in [0.2, 0.25) is 5.91 Å². The van der Waals surface area contributed by atoms with E-state index in [0.29, 0.717) is 0 Å². The van der Waals surface area contributed by atoms with E-state index in [2.05, 4.69) is 17.1 Å². The first-order chi connectivity index (χ1) is 7.65. The summed E-state index contributed by atoms with van der Waals surface area (Å²) in [5, 5.41) is 2.92. The summed E-state index contributed by atoms with van der Waals surface area (Å²) < 4.78 is 0. The molecule has 0 aromatic carbocycles. The lowest BCUT2D eigenvalue weighted by Gasteiger charge is -2.19. The zero-order chi connectivity index (χ0) is 12.0. The van der Waals surface area contributed by atoms with E-state index in [1.807, 2.05) is 6.92 Å². The molecule has 16 heavy (non-hydrogen) atoms. The van der Waals surface area contributed by atoms with Crippen LogP contribution in [0.3, 0.4) is 0 Å². The lowest BCUT2D eigenvalue weighted by molar-refractivity contribution is -0.123. The maximum absolute atomic E-state index is 11.7. The van der Waals surface area contributed by atoms with Crippen LogP contribution in [-0.2, 0) is 4.79 Å². The first kappa shape index (κ1) is 13.5. The van der Waals surface area contributed by atoms with Gasteiger partial charge in [0.25, 0.3) is 0 Å². The number of likely N-dealkylation sites (tertiary alicyclic amines) is 1.